The maximum absolute atomic E-state index is 10.5. The van der Waals surface area contributed by atoms with Crippen LogP contribution in [0.1, 0.15) is 10.4 Å². The smallest absolute Gasteiger partial charge is 0.337 e. The minimum Gasteiger partial charge on any atom is -0.478 e. The molecule has 0 aromatic carbocycles. The van der Waals surface area contributed by atoms with Crippen LogP contribution in [0.15, 0.2) is 30.6 Å². The zero-order chi connectivity index (χ0) is 8.55. The predicted molar refractivity (Wildman–Crippen MR) is 42.2 cm³/mol. The molecule has 2 aromatic rings. The second-order valence-corrected chi connectivity index (χ2v) is 2.43. The average molecular weight is 162 g/mol. The Labute approximate surface area is 68.1 Å². The molecule has 12 heavy (non-hydrogen) atoms. The molecule has 0 fully saturated rings. The van der Waals surface area contributed by atoms with Crippen LogP contribution in [0.25, 0.3) is 5.52 Å². The molecule has 0 aliphatic rings. The van der Waals surface area contributed by atoms with E-state index in [1.165, 1.54) is 6.20 Å². The number of rotatable bonds is 1. The number of aromatic nitrogens is 2. The third-order valence-corrected chi connectivity index (χ3v) is 1.63. The molecule has 0 saturated heterocycles. The maximum atomic E-state index is 10.5. The molecule has 0 atom stereocenters. The van der Waals surface area contributed by atoms with Gasteiger partial charge >= 0.3 is 5.97 Å². The van der Waals surface area contributed by atoms with Crippen LogP contribution in [0.4, 0.5) is 0 Å². The molecular formula is C8H6N2O2. The number of hydrogen-bond acceptors (Lipinski definition) is 2. The van der Waals surface area contributed by atoms with Crippen molar-refractivity contribution < 1.29 is 9.90 Å². The van der Waals surface area contributed by atoms with Crippen LogP contribution < -0.4 is 0 Å². The molecule has 2 rings (SSSR count). The third kappa shape index (κ3) is 0.934. The van der Waals surface area contributed by atoms with Gasteiger partial charge in [0.2, 0.25) is 0 Å². The number of carboxylic acid groups (broad SMARTS) is 1. The molecule has 0 saturated carbocycles. The van der Waals surface area contributed by atoms with E-state index in [9.17, 15) is 4.79 Å². The zero-order valence-corrected chi connectivity index (χ0v) is 6.14. The lowest BCUT2D eigenvalue weighted by Gasteiger charge is -1.94. The molecule has 60 valence electrons. The number of aromatic carboxylic acids is 1. The summed E-state index contributed by atoms with van der Waals surface area (Å²) in [6.45, 7) is 0. The Hall–Kier alpha value is -1.84. The van der Waals surface area contributed by atoms with Gasteiger partial charge in [-0.15, -0.1) is 0 Å². The van der Waals surface area contributed by atoms with Crippen molar-refractivity contribution in [2.75, 3.05) is 0 Å². The molecule has 0 radical (unpaired) electrons. The lowest BCUT2D eigenvalue weighted by Crippen LogP contribution is -1.99. The van der Waals surface area contributed by atoms with E-state index in [1.807, 2.05) is 6.07 Å². The minimum atomic E-state index is -0.953. The largest absolute Gasteiger partial charge is 0.478 e. The summed E-state index contributed by atoms with van der Waals surface area (Å²) < 4.78 is 1.62. The van der Waals surface area contributed by atoms with Crippen LogP contribution in [-0.2, 0) is 0 Å². The summed E-state index contributed by atoms with van der Waals surface area (Å²) in [7, 11) is 0. The molecule has 2 heterocycles. The summed E-state index contributed by atoms with van der Waals surface area (Å²) in [6.07, 6.45) is 3.09. The highest BCUT2D eigenvalue weighted by Crippen LogP contribution is 2.05. The van der Waals surface area contributed by atoms with Gasteiger partial charge in [0.1, 0.15) is 0 Å². The van der Waals surface area contributed by atoms with E-state index in [4.69, 9.17) is 5.11 Å². The average Bonchev–Trinajstić information content (AvgIpc) is 2.49. The summed E-state index contributed by atoms with van der Waals surface area (Å²) in [4.78, 5) is 10.5. The van der Waals surface area contributed by atoms with Crippen LogP contribution in [-0.4, -0.2) is 20.7 Å². The van der Waals surface area contributed by atoms with Crippen molar-refractivity contribution in [2.45, 2.75) is 0 Å². The number of nitrogens with zero attached hydrogens (tertiary/aromatic N) is 2. The fourth-order valence-corrected chi connectivity index (χ4v) is 1.04. The second kappa shape index (κ2) is 2.34. The van der Waals surface area contributed by atoms with Crippen molar-refractivity contribution in [3.05, 3.63) is 36.2 Å². The lowest BCUT2D eigenvalue weighted by atomic mass is 10.3. The normalized spacial score (nSPS) is 10.3. The van der Waals surface area contributed by atoms with Gasteiger partial charge in [-0.1, -0.05) is 0 Å². The monoisotopic (exact) mass is 162 g/mol. The van der Waals surface area contributed by atoms with E-state index in [2.05, 4.69) is 5.10 Å². The first-order chi connectivity index (χ1) is 5.77. The van der Waals surface area contributed by atoms with Gasteiger partial charge < -0.3 is 5.11 Å². The van der Waals surface area contributed by atoms with Crippen LogP contribution in [0.5, 0.6) is 0 Å². The highest BCUT2D eigenvalue weighted by atomic mass is 16.4. The van der Waals surface area contributed by atoms with Crippen molar-refractivity contribution >= 4 is 11.5 Å². The van der Waals surface area contributed by atoms with Crippen LogP contribution in [0.2, 0.25) is 0 Å². The van der Waals surface area contributed by atoms with Gasteiger partial charge in [0.05, 0.1) is 17.3 Å². The maximum Gasteiger partial charge on any atom is 0.337 e. The minimum absolute atomic E-state index is 0.209. The van der Waals surface area contributed by atoms with Gasteiger partial charge in [-0.05, 0) is 18.2 Å². The van der Waals surface area contributed by atoms with Gasteiger partial charge in [-0.3, -0.25) is 0 Å². The van der Waals surface area contributed by atoms with Gasteiger partial charge in [0, 0.05) is 6.20 Å². The number of hydrogen-bond donors (Lipinski definition) is 1. The first kappa shape index (κ1) is 6.84. The van der Waals surface area contributed by atoms with Gasteiger partial charge in [-0.2, -0.15) is 5.10 Å². The molecule has 2 aromatic heterocycles. The molecule has 0 bridgehead atoms. The summed E-state index contributed by atoms with van der Waals surface area (Å²) in [5, 5.41) is 12.5. The molecule has 0 spiro atoms. The fourth-order valence-electron chi connectivity index (χ4n) is 1.04. The van der Waals surface area contributed by atoms with Crippen molar-refractivity contribution in [2.24, 2.45) is 0 Å². The Bertz CT molecular complexity index is 433. The molecule has 0 aliphatic heterocycles. The van der Waals surface area contributed by atoms with Crippen molar-refractivity contribution in [1.29, 1.82) is 0 Å². The molecule has 0 aliphatic carbocycles. The highest BCUT2D eigenvalue weighted by Gasteiger charge is 2.03. The molecular weight excluding hydrogens is 156 g/mol. The van der Waals surface area contributed by atoms with E-state index in [1.54, 1.807) is 22.8 Å². The van der Waals surface area contributed by atoms with E-state index >= 15 is 0 Å². The SMILES string of the molecule is O=C(O)c1cnn2cccc2c1. The standard InChI is InChI=1S/C8H6N2O2/c11-8(12)6-4-7-2-1-3-10(7)9-5-6/h1-5H,(H,11,12). The number of carbonyl (C=O) groups is 1. The van der Waals surface area contributed by atoms with Crippen molar-refractivity contribution in [1.82, 2.24) is 9.61 Å². The van der Waals surface area contributed by atoms with Crippen molar-refractivity contribution in [3.8, 4) is 0 Å². The predicted octanol–water partition coefficient (Wildman–Crippen LogP) is 1.03. The Morgan fingerprint density at radius 1 is 1.58 bits per heavy atom. The Morgan fingerprint density at radius 2 is 2.42 bits per heavy atom. The quantitative estimate of drug-likeness (QED) is 0.681. The lowest BCUT2D eigenvalue weighted by molar-refractivity contribution is 0.0696. The fraction of sp³-hybridized carbons (Fsp3) is 0. The Balaban J connectivity index is 2.68. The zero-order valence-electron chi connectivity index (χ0n) is 6.14. The van der Waals surface area contributed by atoms with Gasteiger partial charge in [-0.25, -0.2) is 9.31 Å². The van der Waals surface area contributed by atoms with E-state index in [-0.39, 0.29) is 5.56 Å². The highest BCUT2D eigenvalue weighted by molar-refractivity contribution is 5.88. The van der Waals surface area contributed by atoms with E-state index in [0.29, 0.717) is 0 Å². The molecule has 4 heteroatoms. The van der Waals surface area contributed by atoms with E-state index < -0.39 is 5.97 Å². The number of fused-ring (bicyclic) bond motifs is 1. The first-order valence-corrected chi connectivity index (χ1v) is 3.44. The van der Waals surface area contributed by atoms with E-state index in [0.717, 1.165) is 5.52 Å². The molecule has 1 N–H and O–H groups in total. The summed E-state index contributed by atoms with van der Waals surface area (Å²) in [5.74, 6) is -0.953. The van der Waals surface area contributed by atoms with Crippen LogP contribution >= 0.6 is 0 Å². The third-order valence-electron chi connectivity index (χ3n) is 1.63. The van der Waals surface area contributed by atoms with Crippen LogP contribution in [0, 0.1) is 0 Å². The van der Waals surface area contributed by atoms with Crippen LogP contribution in [0.3, 0.4) is 0 Å². The number of carboxylic acids is 1. The Kier molecular flexibility index (Phi) is 1.33. The Morgan fingerprint density at radius 3 is 3.17 bits per heavy atom. The summed E-state index contributed by atoms with van der Waals surface area (Å²) >= 11 is 0. The molecule has 4 nitrogen and oxygen atoms in total. The molecule has 0 amide bonds. The summed E-state index contributed by atoms with van der Waals surface area (Å²) in [6, 6.07) is 5.20. The first-order valence-electron chi connectivity index (χ1n) is 3.44. The second-order valence-electron chi connectivity index (χ2n) is 2.43. The molecule has 0 unspecified atom stereocenters. The topological polar surface area (TPSA) is 54.6 Å². The van der Waals surface area contributed by atoms with Gasteiger partial charge in [0.15, 0.2) is 0 Å². The van der Waals surface area contributed by atoms with Crippen molar-refractivity contribution in [3.63, 3.8) is 0 Å². The van der Waals surface area contributed by atoms with Gasteiger partial charge in [0.25, 0.3) is 0 Å². The summed E-state index contributed by atoms with van der Waals surface area (Å²) in [5.41, 5.74) is 0.996.